The van der Waals surface area contributed by atoms with Gasteiger partial charge in [-0.25, -0.2) is 9.69 Å². The minimum atomic E-state index is -1.07. The normalized spacial score (nSPS) is 21.9. The van der Waals surface area contributed by atoms with Gasteiger partial charge in [-0.05, 0) is 25.0 Å². The maximum atomic E-state index is 12.6. The number of hydrogen-bond acceptors (Lipinski definition) is 4. The maximum absolute atomic E-state index is 12.6. The number of amides is 4. The second-order valence-electron chi connectivity index (χ2n) is 4.90. The predicted octanol–water partition coefficient (Wildman–Crippen LogP) is 1.22. The van der Waals surface area contributed by atoms with Crippen molar-refractivity contribution < 1.29 is 14.4 Å². The molecule has 98 valence electrons. The largest absolute Gasteiger partial charge is 0.335 e. The van der Waals surface area contributed by atoms with Crippen LogP contribution in [0.15, 0.2) is 24.5 Å². The predicted molar refractivity (Wildman–Crippen MR) is 66.2 cm³/mol. The molecule has 0 aromatic carbocycles. The van der Waals surface area contributed by atoms with Gasteiger partial charge in [-0.1, -0.05) is 12.8 Å². The highest BCUT2D eigenvalue weighted by atomic mass is 16.2. The number of anilines is 1. The van der Waals surface area contributed by atoms with Gasteiger partial charge in [-0.2, -0.15) is 0 Å². The molecule has 1 saturated carbocycles. The standard InChI is InChI=1S/C13H13N3O3/c17-10-13(5-1-2-6-13)11(18)16(12(19)15-10)9-4-3-7-14-8-9/h3-4,7-8H,1-2,5-6H2,(H,15,17,19). The van der Waals surface area contributed by atoms with Crippen LogP contribution in [-0.4, -0.2) is 22.8 Å². The first-order chi connectivity index (χ1) is 9.15. The van der Waals surface area contributed by atoms with Crippen molar-refractivity contribution in [2.45, 2.75) is 25.7 Å². The molecule has 6 heteroatoms. The van der Waals surface area contributed by atoms with Gasteiger partial charge in [0.2, 0.25) is 5.91 Å². The summed E-state index contributed by atoms with van der Waals surface area (Å²) in [6, 6.07) is 2.58. The summed E-state index contributed by atoms with van der Waals surface area (Å²) in [6.45, 7) is 0. The van der Waals surface area contributed by atoms with E-state index in [0.717, 1.165) is 17.7 Å². The van der Waals surface area contributed by atoms with Crippen LogP contribution in [0.4, 0.5) is 10.5 Å². The molecule has 1 aromatic rings. The van der Waals surface area contributed by atoms with Gasteiger partial charge >= 0.3 is 6.03 Å². The van der Waals surface area contributed by atoms with Gasteiger partial charge in [0.15, 0.2) is 0 Å². The molecular weight excluding hydrogens is 246 g/mol. The van der Waals surface area contributed by atoms with Gasteiger partial charge in [-0.3, -0.25) is 19.9 Å². The van der Waals surface area contributed by atoms with Crippen LogP contribution >= 0.6 is 0 Å². The van der Waals surface area contributed by atoms with Gasteiger partial charge in [0.05, 0.1) is 11.9 Å². The van der Waals surface area contributed by atoms with Crippen molar-refractivity contribution in [2.75, 3.05) is 4.90 Å². The first kappa shape index (κ1) is 11.8. The summed E-state index contributed by atoms with van der Waals surface area (Å²) in [5.74, 6) is -0.883. The van der Waals surface area contributed by atoms with Crippen LogP contribution < -0.4 is 10.2 Å². The fourth-order valence-electron chi connectivity index (χ4n) is 2.82. The molecule has 2 aliphatic rings. The lowest BCUT2D eigenvalue weighted by molar-refractivity contribution is -0.142. The van der Waals surface area contributed by atoms with Crippen molar-refractivity contribution in [3.8, 4) is 0 Å². The lowest BCUT2D eigenvalue weighted by Gasteiger charge is -2.36. The molecule has 0 unspecified atom stereocenters. The van der Waals surface area contributed by atoms with E-state index in [1.54, 1.807) is 18.3 Å². The molecular formula is C13H13N3O3. The molecule has 0 atom stereocenters. The Labute approximate surface area is 109 Å². The van der Waals surface area contributed by atoms with E-state index in [4.69, 9.17) is 0 Å². The second kappa shape index (κ2) is 4.15. The third-order valence-electron chi connectivity index (χ3n) is 3.83. The van der Waals surface area contributed by atoms with Gasteiger partial charge in [-0.15, -0.1) is 0 Å². The zero-order valence-electron chi connectivity index (χ0n) is 10.3. The summed E-state index contributed by atoms with van der Waals surface area (Å²) in [5.41, 5.74) is -0.673. The van der Waals surface area contributed by atoms with Gasteiger partial charge in [0, 0.05) is 6.20 Å². The molecule has 1 aliphatic carbocycles. The number of rotatable bonds is 1. The molecule has 1 saturated heterocycles. The highest BCUT2D eigenvalue weighted by molar-refractivity contribution is 6.29. The number of carbonyl (C=O) groups excluding carboxylic acids is 3. The molecule has 1 spiro atoms. The SMILES string of the molecule is O=C1NC(=O)C2(CCCC2)C(=O)N1c1cccnc1. The minimum absolute atomic E-state index is 0.392. The molecule has 3 rings (SSSR count). The quantitative estimate of drug-likeness (QED) is 0.769. The highest BCUT2D eigenvalue weighted by Crippen LogP contribution is 2.42. The van der Waals surface area contributed by atoms with E-state index in [9.17, 15) is 14.4 Å². The number of hydrogen-bond donors (Lipinski definition) is 1. The number of carbonyl (C=O) groups is 3. The molecule has 19 heavy (non-hydrogen) atoms. The van der Waals surface area contributed by atoms with E-state index in [1.807, 2.05) is 0 Å². The third-order valence-corrected chi connectivity index (χ3v) is 3.83. The van der Waals surface area contributed by atoms with Crippen LogP contribution in [0.3, 0.4) is 0 Å². The van der Waals surface area contributed by atoms with E-state index in [-0.39, 0.29) is 0 Å². The lowest BCUT2D eigenvalue weighted by atomic mass is 9.82. The maximum Gasteiger partial charge on any atom is 0.335 e. The van der Waals surface area contributed by atoms with Crippen LogP contribution in [0, 0.1) is 5.41 Å². The van der Waals surface area contributed by atoms with E-state index >= 15 is 0 Å². The average molecular weight is 259 g/mol. The number of nitrogens with one attached hydrogen (secondary N) is 1. The van der Waals surface area contributed by atoms with E-state index in [0.29, 0.717) is 18.5 Å². The summed E-state index contributed by atoms with van der Waals surface area (Å²) in [4.78, 5) is 41.4. The first-order valence-electron chi connectivity index (χ1n) is 6.25. The smallest absolute Gasteiger partial charge is 0.276 e. The Morgan fingerprint density at radius 2 is 1.95 bits per heavy atom. The summed E-state index contributed by atoms with van der Waals surface area (Å²) in [6.07, 6.45) is 5.66. The van der Waals surface area contributed by atoms with Crippen LogP contribution in [0.1, 0.15) is 25.7 Å². The second-order valence-corrected chi connectivity index (χ2v) is 4.90. The Bertz CT molecular complexity index is 550. The Morgan fingerprint density at radius 3 is 2.58 bits per heavy atom. The molecule has 1 aliphatic heterocycles. The summed E-state index contributed by atoms with van der Waals surface area (Å²) in [7, 11) is 0. The van der Waals surface area contributed by atoms with Crippen molar-refractivity contribution in [3.05, 3.63) is 24.5 Å². The zero-order chi connectivity index (χ0) is 13.5. The molecule has 2 heterocycles. The van der Waals surface area contributed by atoms with Crippen LogP contribution in [-0.2, 0) is 9.59 Å². The molecule has 1 aromatic heterocycles. The topological polar surface area (TPSA) is 79.4 Å². The number of imide groups is 2. The van der Waals surface area contributed by atoms with Crippen molar-refractivity contribution in [3.63, 3.8) is 0 Å². The number of aromatic nitrogens is 1. The van der Waals surface area contributed by atoms with E-state index < -0.39 is 23.3 Å². The van der Waals surface area contributed by atoms with E-state index in [2.05, 4.69) is 10.3 Å². The van der Waals surface area contributed by atoms with Crippen molar-refractivity contribution in [1.29, 1.82) is 0 Å². The van der Waals surface area contributed by atoms with Crippen molar-refractivity contribution in [2.24, 2.45) is 5.41 Å². The van der Waals surface area contributed by atoms with Crippen LogP contribution in [0.25, 0.3) is 0 Å². The fourth-order valence-corrected chi connectivity index (χ4v) is 2.82. The average Bonchev–Trinajstić information content (AvgIpc) is 2.89. The van der Waals surface area contributed by atoms with E-state index in [1.165, 1.54) is 6.20 Å². The van der Waals surface area contributed by atoms with Crippen LogP contribution in [0.5, 0.6) is 0 Å². The molecule has 2 fully saturated rings. The third kappa shape index (κ3) is 1.63. The zero-order valence-corrected chi connectivity index (χ0v) is 10.3. The molecule has 6 nitrogen and oxygen atoms in total. The molecule has 1 N–H and O–H groups in total. The fraction of sp³-hybridized carbons (Fsp3) is 0.385. The van der Waals surface area contributed by atoms with Crippen molar-refractivity contribution in [1.82, 2.24) is 10.3 Å². The van der Waals surface area contributed by atoms with Gasteiger partial charge < -0.3 is 0 Å². The van der Waals surface area contributed by atoms with Crippen LogP contribution in [0.2, 0.25) is 0 Å². The molecule has 0 bridgehead atoms. The Hall–Kier alpha value is -2.24. The lowest BCUT2D eigenvalue weighted by Crippen LogP contribution is -2.63. The van der Waals surface area contributed by atoms with Crippen molar-refractivity contribution >= 4 is 23.5 Å². The first-order valence-corrected chi connectivity index (χ1v) is 6.25. The number of pyridine rings is 1. The molecule has 0 radical (unpaired) electrons. The summed E-state index contributed by atoms with van der Waals surface area (Å²) >= 11 is 0. The number of barbiturate groups is 1. The Morgan fingerprint density at radius 1 is 1.21 bits per heavy atom. The summed E-state index contributed by atoms with van der Waals surface area (Å²) in [5, 5.41) is 2.29. The number of urea groups is 1. The Kier molecular flexibility index (Phi) is 2.58. The molecule has 4 amide bonds. The van der Waals surface area contributed by atoms with Gasteiger partial charge in [0.25, 0.3) is 5.91 Å². The highest BCUT2D eigenvalue weighted by Gasteiger charge is 2.55. The summed E-state index contributed by atoms with van der Waals surface area (Å²) < 4.78 is 0. The van der Waals surface area contributed by atoms with Gasteiger partial charge in [0.1, 0.15) is 5.41 Å². The monoisotopic (exact) mass is 259 g/mol. The Balaban J connectivity index is 2.03. The number of nitrogens with zero attached hydrogens (tertiary/aromatic N) is 2. The minimum Gasteiger partial charge on any atom is -0.276 e.